The summed E-state index contributed by atoms with van der Waals surface area (Å²) in [5.41, 5.74) is 0.339. The largest absolute Gasteiger partial charge is 0.394 e. The quantitative estimate of drug-likeness (QED) is 0.543. The fourth-order valence-electron chi connectivity index (χ4n) is 2.96. The van der Waals surface area contributed by atoms with E-state index in [1.807, 2.05) is 6.07 Å². The van der Waals surface area contributed by atoms with Crippen LogP contribution in [0.5, 0.6) is 0 Å². The summed E-state index contributed by atoms with van der Waals surface area (Å²) < 4.78 is 32.6. The van der Waals surface area contributed by atoms with Gasteiger partial charge in [0.2, 0.25) is 5.91 Å². The lowest BCUT2D eigenvalue weighted by Gasteiger charge is -2.31. The van der Waals surface area contributed by atoms with Gasteiger partial charge in [0.15, 0.2) is 0 Å². The first kappa shape index (κ1) is 21.4. The molecule has 3 amide bonds. The Hall–Kier alpha value is -3.30. The highest BCUT2D eigenvalue weighted by atomic mass is 19.1. The topological polar surface area (TPSA) is 99.7 Å². The number of carbonyl (C=O) groups is 2. The van der Waals surface area contributed by atoms with E-state index in [1.54, 1.807) is 36.4 Å². The maximum absolute atomic E-state index is 13.7. The molecule has 0 saturated carbocycles. The molecular weight excluding hydrogens is 396 g/mol. The van der Waals surface area contributed by atoms with Gasteiger partial charge in [-0.1, -0.05) is 30.4 Å². The van der Waals surface area contributed by atoms with Crippen LogP contribution in [0, 0.1) is 11.6 Å². The van der Waals surface area contributed by atoms with Crippen LogP contribution < -0.4 is 16.0 Å². The van der Waals surface area contributed by atoms with E-state index in [1.165, 1.54) is 0 Å². The number of rotatable bonds is 6. The van der Waals surface area contributed by atoms with Crippen LogP contribution in [0.2, 0.25) is 0 Å². The summed E-state index contributed by atoms with van der Waals surface area (Å²) in [6, 6.07) is 10.1. The van der Waals surface area contributed by atoms with Gasteiger partial charge in [-0.25, -0.2) is 13.6 Å². The number of ether oxygens (including phenoxy) is 1. The predicted molar refractivity (Wildman–Crippen MR) is 107 cm³/mol. The number of aliphatic hydroxyl groups is 1. The van der Waals surface area contributed by atoms with Crippen molar-refractivity contribution in [1.29, 1.82) is 0 Å². The molecule has 0 saturated heterocycles. The molecule has 0 fully saturated rings. The molecule has 0 aromatic heterocycles. The van der Waals surface area contributed by atoms with Crippen molar-refractivity contribution in [2.75, 3.05) is 17.2 Å². The van der Waals surface area contributed by atoms with Crippen molar-refractivity contribution in [3.05, 3.63) is 72.3 Å². The lowest BCUT2D eigenvalue weighted by molar-refractivity contribution is -0.120. The number of benzene rings is 2. The molecule has 1 aliphatic rings. The van der Waals surface area contributed by atoms with Gasteiger partial charge in [-0.05, 0) is 24.3 Å². The van der Waals surface area contributed by atoms with Crippen LogP contribution in [0.4, 0.5) is 25.0 Å². The van der Waals surface area contributed by atoms with Gasteiger partial charge in [-0.3, -0.25) is 4.79 Å². The highest BCUT2D eigenvalue weighted by Crippen LogP contribution is 2.18. The molecule has 30 heavy (non-hydrogen) atoms. The van der Waals surface area contributed by atoms with Crippen LogP contribution in [0.25, 0.3) is 0 Å². The summed E-state index contributed by atoms with van der Waals surface area (Å²) in [6.07, 6.45) is 1.81. The number of nitrogens with one attached hydrogen (secondary N) is 3. The van der Waals surface area contributed by atoms with E-state index in [2.05, 4.69) is 16.0 Å². The van der Waals surface area contributed by atoms with E-state index in [-0.39, 0.29) is 18.0 Å². The minimum Gasteiger partial charge on any atom is -0.394 e. The first-order valence-electron chi connectivity index (χ1n) is 9.26. The Kier molecular flexibility index (Phi) is 7.10. The summed E-state index contributed by atoms with van der Waals surface area (Å²) in [7, 11) is 0. The van der Waals surface area contributed by atoms with Gasteiger partial charge >= 0.3 is 6.03 Å². The highest BCUT2D eigenvalue weighted by molar-refractivity contribution is 5.91. The third-order valence-electron chi connectivity index (χ3n) is 4.38. The number of aliphatic hydroxyl groups excluding tert-OH is 1. The Labute approximate surface area is 171 Å². The average molecular weight is 417 g/mol. The summed E-state index contributed by atoms with van der Waals surface area (Å²) in [4.78, 5) is 24.3. The van der Waals surface area contributed by atoms with Crippen molar-refractivity contribution in [3.8, 4) is 0 Å². The second-order valence-corrected chi connectivity index (χ2v) is 6.65. The monoisotopic (exact) mass is 417 g/mol. The molecule has 0 radical (unpaired) electrons. The Bertz CT molecular complexity index is 924. The van der Waals surface area contributed by atoms with Crippen molar-refractivity contribution in [2.24, 2.45) is 0 Å². The number of anilines is 2. The van der Waals surface area contributed by atoms with Crippen LogP contribution in [0.3, 0.4) is 0 Å². The molecule has 2 aromatic carbocycles. The maximum Gasteiger partial charge on any atom is 0.319 e. The molecule has 0 aliphatic carbocycles. The van der Waals surface area contributed by atoms with Crippen molar-refractivity contribution in [1.82, 2.24) is 5.32 Å². The summed E-state index contributed by atoms with van der Waals surface area (Å²) >= 11 is 0. The van der Waals surface area contributed by atoms with Crippen LogP contribution in [0.1, 0.15) is 6.42 Å². The number of para-hydroxylation sites is 1. The van der Waals surface area contributed by atoms with Crippen molar-refractivity contribution in [2.45, 2.75) is 24.7 Å². The van der Waals surface area contributed by atoms with Crippen LogP contribution in [-0.4, -0.2) is 41.9 Å². The predicted octanol–water partition coefficient (Wildman–Crippen LogP) is 2.80. The van der Waals surface area contributed by atoms with Gasteiger partial charge in [-0.15, -0.1) is 0 Å². The Morgan fingerprint density at radius 2 is 1.80 bits per heavy atom. The number of halogens is 2. The van der Waals surface area contributed by atoms with Crippen molar-refractivity contribution in [3.63, 3.8) is 0 Å². The van der Waals surface area contributed by atoms with E-state index < -0.39 is 42.5 Å². The molecule has 158 valence electrons. The van der Waals surface area contributed by atoms with Crippen molar-refractivity contribution < 1.29 is 28.2 Å². The molecule has 7 nitrogen and oxygen atoms in total. The van der Waals surface area contributed by atoms with Gasteiger partial charge in [0.1, 0.15) is 17.7 Å². The van der Waals surface area contributed by atoms with Crippen molar-refractivity contribution >= 4 is 23.3 Å². The third kappa shape index (κ3) is 5.85. The molecule has 3 atom stereocenters. The second kappa shape index (κ2) is 9.95. The molecular formula is C21H21F2N3O4. The number of hydrogen-bond donors (Lipinski definition) is 4. The van der Waals surface area contributed by atoms with Gasteiger partial charge in [0.25, 0.3) is 0 Å². The van der Waals surface area contributed by atoms with Crippen LogP contribution >= 0.6 is 0 Å². The lowest BCUT2D eigenvalue weighted by atomic mass is 10.0. The third-order valence-corrected chi connectivity index (χ3v) is 4.38. The zero-order valence-electron chi connectivity index (χ0n) is 15.8. The molecule has 1 aliphatic heterocycles. The van der Waals surface area contributed by atoms with E-state index in [0.717, 1.165) is 18.2 Å². The molecule has 1 heterocycles. The Morgan fingerprint density at radius 1 is 1.03 bits per heavy atom. The lowest BCUT2D eigenvalue weighted by Crippen LogP contribution is -2.50. The van der Waals surface area contributed by atoms with E-state index in [4.69, 9.17) is 4.74 Å². The van der Waals surface area contributed by atoms with Gasteiger partial charge in [0.05, 0.1) is 30.9 Å². The Morgan fingerprint density at radius 3 is 2.53 bits per heavy atom. The normalized spacial score (nSPS) is 20.4. The minimum absolute atomic E-state index is 0.0231. The highest BCUT2D eigenvalue weighted by Gasteiger charge is 2.29. The van der Waals surface area contributed by atoms with E-state index in [9.17, 15) is 23.5 Å². The standard InChI is InChI=1S/C21H21F2N3O4/c22-13-6-8-16(23)18(10-13)26-21(29)25-17-9-7-15(30-19(17)12-27)11-20(28)24-14-4-2-1-3-5-14/h1-10,15,17,19,27H,11-12H2,(H,24,28)(H2,25,26,29)/t15-,17+,19+/m0/s1. The molecule has 3 rings (SSSR count). The summed E-state index contributed by atoms with van der Waals surface area (Å²) in [5, 5.41) is 17.1. The zero-order chi connectivity index (χ0) is 21.5. The maximum atomic E-state index is 13.7. The molecule has 2 aromatic rings. The number of amides is 3. The van der Waals surface area contributed by atoms with Gasteiger partial charge in [0, 0.05) is 11.8 Å². The number of hydrogen-bond acceptors (Lipinski definition) is 4. The SMILES string of the molecule is O=C(C[C@@H]1C=C[C@@H](NC(=O)Nc2cc(F)ccc2F)[C@@H](CO)O1)Nc1ccccc1. The molecule has 9 heteroatoms. The van der Waals surface area contributed by atoms with E-state index >= 15 is 0 Å². The Balaban J connectivity index is 1.56. The van der Waals surface area contributed by atoms with Gasteiger partial charge < -0.3 is 25.8 Å². The molecule has 0 spiro atoms. The van der Waals surface area contributed by atoms with Crippen LogP contribution in [0.15, 0.2) is 60.7 Å². The molecule has 4 N–H and O–H groups in total. The van der Waals surface area contributed by atoms with Gasteiger partial charge in [-0.2, -0.15) is 0 Å². The first-order valence-corrected chi connectivity index (χ1v) is 9.26. The smallest absolute Gasteiger partial charge is 0.319 e. The minimum atomic E-state index is -0.812. The second-order valence-electron chi connectivity index (χ2n) is 6.65. The first-order chi connectivity index (χ1) is 14.4. The number of carbonyl (C=O) groups excluding carboxylic acids is 2. The summed E-state index contributed by atoms with van der Waals surface area (Å²) in [5.74, 6) is -1.75. The molecule has 0 unspecified atom stereocenters. The molecule has 0 bridgehead atoms. The van der Waals surface area contributed by atoms with E-state index in [0.29, 0.717) is 5.69 Å². The average Bonchev–Trinajstić information content (AvgIpc) is 2.72. The fourth-order valence-corrected chi connectivity index (χ4v) is 2.96. The fraction of sp³-hybridized carbons (Fsp3) is 0.238. The summed E-state index contributed by atoms with van der Waals surface area (Å²) in [6.45, 7) is -0.416. The number of urea groups is 1. The van der Waals surface area contributed by atoms with Crippen LogP contribution in [-0.2, 0) is 9.53 Å². The zero-order valence-corrected chi connectivity index (χ0v) is 15.8.